The Morgan fingerprint density at radius 3 is 1.76 bits per heavy atom. The highest BCUT2D eigenvalue weighted by Gasteiger charge is 2.18. The summed E-state index contributed by atoms with van der Waals surface area (Å²) >= 11 is 1.90. The normalized spacial score (nSPS) is 11.6. The van der Waals surface area contributed by atoms with Crippen molar-refractivity contribution >= 4 is 81.3 Å². The zero-order valence-electron chi connectivity index (χ0n) is 29.8. The second-order valence-corrected chi connectivity index (χ2v) is 15.1. The standard InChI is InChI=1S/C52H33NOS/c1-2-11-34(12-3-1)35-23-28-39(29-24-35)53(41-15-8-14-38(33-41)42-18-9-20-46-45-17-6-7-22-49(45)54-50(42)46)40-30-25-37(26-31-40)44-19-10-21-47-48-32-27-36-13-4-5-16-43(36)52(48)55-51(44)47/h1-33H. The first-order valence-electron chi connectivity index (χ1n) is 18.7. The Bertz CT molecular complexity index is 3190. The molecule has 2 aromatic heterocycles. The molecule has 258 valence electrons. The molecule has 55 heavy (non-hydrogen) atoms. The minimum absolute atomic E-state index is 0.904. The van der Waals surface area contributed by atoms with Crippen LogP contribution in [0.5, 0.6) is 0 Å². The minimum Gasteiger partial charge on any atom is -0.455 e. The summed E-state index contributed by atoms with van der Waals surface area (Å²) in [6.45, 7) is 0. The van der Waals surface area contributed by atoms with Gasteiger partial charge in [-0.3, -0.25) is 0 Å². The fourth-order valence-electron chi connectivity index (χ4n) is 8.21. The smallest absolute Gasteiger partial charge is 0.143 e. The Morgan fingerprint density at radius 2 is 0.945 bits per heavy atom. The third kappa shape index (κ3) is 5.32. The van der Waals surface area contributed by atoms with Crippen molar-refractivity contribution in [2.45, 2.75) is 0 Å². The number of fused-ring (bicyclic) bond motifs is 8. The fourth-order valence-corrected chi connectivity index (χ4v) is 9.58. The van der Waals surface area contributed by atoms with Crippen LogP contribution in [0.15, 0.2) is 205 Å². The van der Waals surface area contributed by atoms with Gasteiger partial charge in [0.15, 0.2) is 0 Å². The van der Waals surface area contributed by atoms with Gasteiger partial charge in [-0.25, -0.2) is 0 Å². The van der Waals surface area contributed by atoms with Crippen LogP contribution in [-0.4, -0.2) is 0 Å². The van der Waals surface area contributed by atoms with Gasteiger partial charge in [0.2, 0.25) is 0 Å². The summed E-state index contributed by atoms with van der Waals surface area (Å²) in [5.74, 6) is 0. The van der Waals surface area contributed by atoms with E-state index in [1.54, 1.807) is 0 Å². The summed E-state index contributed by atoms with van der Waals surface area (Å²) in [4.78, 5) is 2.35. The monoisotopic (exact) mass is 719 g/mol. The van der Waals surface area contributed by atoms with Crippen molar-refractivity contribution in [2.75, 3.05) is 4.90 Å². The predicted octanol–water partition coefficient (Wildman–Crippen LogP) is 15.6. The summed E-state index contributed by atoms with van der Waals surface area (Å²) in [5, 5.41) is 7.49. The second kappa shape index (κ2) is 12.9. The highest BCUT2D eigenvalue weighted by molar-refractivity contribution is 7.27. The first kappa shape index (κ1) is 31.6. The van der Waals surface area contributed by atoms with Gasteiger partial charge in [0.1, 0.15) is 11.2 Å². The lowest BCUT2D eigenvalue weighted by atomic mass is 10.00. The molecule has 0 saturated heterocycles. The van der Waals surface area contributed by atoms with Crippen LogP contribution in [-0.2, 0) is 0 Å². The topological polar surface area (TPSA) is 16.4 Å². The molecule has 0 radical (unpaired) electrons. The van der Waals surface area contributed by atoms with Crippen LogP contribution in [0, 0.1) is 0 Å². The number of rotatable bonds is 6. The highest BCUT2D eigenvalue weighted by Crippen LogP contribution is 2.44. The van der Waals surface area contributed by atoms with Crippen molar-refractivity contribution in [1.29, 1.82) is 0 Å². The molecule has 3 heteroatoms. The number of hydrogen-bond acceptors (Lipinski definition) is 3. The summed E-state index contributed by atoms with van der Waals surface area (Å²) in [6, 6.07) is 72.0. The highest BCUT2D eigenvalue weighted by atomic mass is 32.1. The third-order valence-corrected chi connectivity index (χ3v) is 12.2. The predicted molar refractivity (Wildman–Crippen MR) is 235 cm³/mol. The number of thiophene rings is 1. The molecule has 0 unspecified atom stereocenters. The van der Waals surface area contributed by atoms with Crippen molar-refractivity contribution in [3.05, 3.63) is 200 Å². The lowest BCUT2D eigenvalue weighted by Crippen LogP contribution is -2.10. The Balaban J connectivity index is 1.03. The van der Waals surface area contributed by atoms with E-state index in [0.717, 1.165) is 50.1 Å². The van der Waals surface area contributed by atoms with E-state index >= 15 is 0 Å². The molecular formula is C52H33NOS. The van der Waals surface area contributed by atoms with E-state index in [0.29, 0.717) is 0 Å². The molecule has 11 rings (SSSR count). The summed E-state index contributed by atoms with van der Waals surface area (Å²) < 4.78 is 9.15. The van der Waals surface area contributed by atoms with E-state index < -0.39 is 0 Å². The molecule has 0 N–H and O–H groups in total. The average Bonchev–Trinajstić information content (AvgIpc) is 3.84. The molecule has 0 atom stereocenters. The van der Waals surface area contributed by atoms with E-state index in [-0.39, 0.29) is 0 Å². The van der Waals surface area contributed by atoms with Gasteiger partial charge in [0.05, 0.1) is 0 Å². The van der Waals surface area contributed by atoms with Gasteiger partial charge in [0.25, 0.3) is 0 Å². The number of nitrogens with zero attached hydrogens (tertiary/aromatic N) is 1. The molecule has 11 aromatic rings. The van der Waals surface area contributed by atoms with Crippen molar-refractivity contribution in [2.24, 2.45) is 0 Å². The maximum absolute atomic E-state index is 6.48. The Morgan fingerprint density at radius 1 is 0.345 bits per heavy atom. The minimum atomic E-state index is 0.904. The number of furan rings is 1. The lowest BCUT2D eigenvalue weighted by molar-refractivity contribution is 0.670. The zero-order valence-corrected chi connectivity index (χ0v) is 30.6. The van der Waals surface area contributed by atoms with Gasteiger partial charge in [-0.2, -0.15) is 0 Å². The van der Waals surface area contributed by atoms with Crippen LogP contribution in [0.3, 0.4) is 0 Å². The second-order valence-electron chi connectivity index (χ2n) is 14.1. The molecule has 0 aliphatic carbocycles. The van der Waals surface area contributed by atoms with E-state index in [4.69, 9.17) is 4.42 Å². The molecule has 0 amide bonds. The molecule has 2 nitrogen and oxygen atoms in total. The van der Waals surface area contributed by atoms with Crippen LogP contribution in [0.2, 0.25) is 0 Å². The number of hydrogen-bond donors (Lipinski definition) is 0. The first-order chi connectivity index (χ1) is 27.3. The van der Waals surface area contributed by atoms with Gasteiger partial charge in [-0.15, -0.1) is 11.3 Å². The van der Waals surface area contributed by atoms with E-state index in [1.807, 2.05) is 23.5 Å². The Hall–Kier alpha value is -6.94. The van der Waals surface area contributed by atoms with Gasteiger partial charge in [-0.1, -0.05) is 158 Å². The van der Waals surface area contributed by atoms with E-state index in [1.165, 1.54) is 53.2 Å². The molecule has 0 fully saturated rings. The molecule has 0 spiro atoms. The van der Waals surface area contributed by atoms with Crippen molar-refractivity contribution < 1.29 is 4.42 Å². The summed E-state index contributed by atoms with van der Waals surface area (Å²) in [6.07, 6.45) is 0. The quantitative estimate of drug-likeness (QED) is 0.170. The van der Waals surface area contributed by atoms with E-state index in [2.05, 4.69) is 193 Å². The van der Waals surface area contributed by atoms with Gasteiger partial charge in [0, 0.05) is 53.6 Å². The van der Waals surface area contributed by atoms with Crippen LogP contribution in [0.25, 0.3) is 86.3 Å². The maximum Gasteiger partial charge on any atom is 0.143 e. The van der Waals surface area contributed by atoms with Crippen LogP contribution >= 0.6 is 11.3 Å². The largest absolute Gasteiger partial charge is 0.455 e. The maximum atomic E-state index is 6.48. The Labute approximate surface area is 322 Å². The average molecular weight is 720 g/mol. The SMILES string of the molecule is c1ccc(-c2ccc(N(c3ccc(-c4cccc5c4sc4c6ccccc6ccc54)cc3)c3cccc(-c4cccc5c4oc4ccccc45)c3)cc2)cc1. The van der Waals surface area contributed by atoms with Gasteiger partial charge in [-0.05, 0) is 81.1 Å². The van der Waals surface area contributed by atoms with Gasteiger partial charge < -0.3 is 9.32 Å². The van der Waals surface area contributed by atoms with Crippen molar-refractivity contribution in [3.8, 4) is 33.4 Å². The Kier molecular flexibility index (Phi) is 7.39. The number of para-hydroxylation sites is 2. The number of anilines is 3. The summed E-state index contributed by atoms with van der Waals surface area (Å²) in [5.41, 5.74) is 12.1. The molecule has 2 heterocycles. The van der Waals surface area contributed by atoms with E-state index in [9.17, 15) is 0 Å². The molecular weight excluding hydrogens is 687 g/mol. The fraction of sp³-hybridized carbons (Fsp3) is 0. The first-order valence-corrected chi connectivity index (χ1v) is 19.5. The van der Waals surface area contributed by atoms with Crippen molar-refractivity contribution in [3.63, 3.8) is 0 Å². The van der Waals surface area contributed by atoms with Crippen LogP contribution in [0.1, 0.15) is 0 Å². The van der Waals surface area contributed by atoms with Crippen LogP contribution < -0.4 is 4.90 Å². The molecule has 0 bridgehead atoms. The zero-order chi connectivity index (χ0) is 36.3. The van der Waals surface area contributed by atoms with Crippen LogP contribution in [0.4, 0.5) is 17.1 Å². The van der Waals surface area contributed by atoms with Crippen molar-refractivity contribution in [1.82, 2.24) is 0 Å². The molecule has 9 aromatic carbocycles. The molecule has 0 saturated carbocycles. The molecule has 0 aliphatic heterocycles. The summed E-state index contributed by atoms with van der Waals surface area (Å²) in [7, 11) is 0. The molecule has 0 aliphatic rings. The number of benzene rings is 9. The third-order valence-electron chi connectivity index (χ3n) is 10.9. The lowest BCUT2D eigenvalue weighted by Gasteiger charge is -2.26. The van der Waals surface area contributed by atoms with Gasteiger partial charge >= 0.3 is 0 Å².